The molecule has 0 radical (unpaired) electrons. The smallest absolute Gasteiger partial charge is 0.267 e. The Balaban J connectivity index is 2.84. The van der Waals surface area contributed by atoms with Crippen LogP contribution in [0.4, 0.5) is 0 Å². The quantitative estimate of drug-likeness (QED) is 0.457. The maximum atomic E-state index is 10.0. The fourth-order valence-corrected chi connectivity index (χ4v) is 0.979. The van der Waals surface area contributed by atoms with Gasteiger partial charge < -0.3 is 0 Å². The third-order valence-corrected chi connectivity index (χ3v) is 1.58. The molecule has 5 heteroatoms. The summed E-state index contributed by atoms with van der Waals surface area (Å²) in [5.41, 5.74) is 0.0648. The van der Waals surface area contributed by atoms with Gasteiger partial charge in [0.2, 0.25) is 0 Å². The molecule has 0 aromatic carbocycles. The highest BCUT2D eigenvalue weighted by Crippen LogP contribution is 2.11. The molecule has 4 nitrogen and oxygen atoms in total. The molecule has 0 aliphatic carbocycles. The molecule has 48 valence electrons. The van der Waals surface area contributed by atoms with Crippen molar-refractivity contribution in [1.29, 1.82) is 0 Å². The van der Waals surface area contributed by atoms with Crippen LogP contribution in [0.25, 0.3) is 0 Å². The fraction of sp³-hybridized carbons (Fsp3) is 0.250. The van der Waals surface area contributed by atoms with Crippen LogP contribution in [-0.2, 0) is 0 Å². The Kier molecular flexibility index (Phi) is 1.61. The molecule has 0 aromatic heterocycles. The van der Waals surface area contributed by atoms with Crippen LogP contribution in [0.1, 0.15) is 0 Å². The van der Waals surface area contributed by atoms with Crippen LogP contribution in [-0.4, -0.2) is 16.1 Å². The molecule has 1 rings (SSSR count). The van der Waals surface area contributed by atoms with Crippen molar-refractivity contribution in [3.8, 4) is 0 Å². The maximum Gasteiger partial charge on any atom is 0.299 e. The first kappa shape index (κ1) is 6.41. The van der Waals surface area contributed by atoms with Crippen LogP contribution in [0.3, 0.4) is 0 Å². The first-order valence-corrected chi connectivity index (χ1v) is 3.06. The molecule has 0 bridgehead atoms. The van der Waals surface area contributed by atoms with Crippen molar-refractivity contribution in [2.24, 2.45) is 4.99 Å². The van der Waals surface area contributed by atoms with Crippen LogP contribution in [0, 0.1) is 10.1 Å². The van der Waals surface area contributed by atoms with Crippen LogP contribution in [0.15, 0.2) is 16.8 Å². The molecule has 0 saturated heterocycles. The largest absolute Gasteiger partial charge is 0.299 e. The third-order valence-electron chi connectivity index (χ3n) is 0.923. The topological polar surface area (TPSA) is 55.5 Å². The average molecular weight is 191 g/mol. The van der Waals surface area contributed by atoms with E-state index in [-0.39, 0.29) is 5.70 Å². The molecule has 1 heterocycles. The van der Waals surface area contributed by atoms with Crippen LogP contribution < -0.4 is 0 Å². The van der Waals surface area contributed by atoms with E-state index in [9.17, 15) is 10.1 Å². The normalized spacial score (nSPS) is 17.0. The zero-order chi connectivity index (χ0) is 6.85. The van der Waals surface area contributed by atoms with Crippen molar-refractivity contribution in [3.63, 3.8) is 0 Å². The Morgan fingerprint density at radius 3 is 2.78 bits per heavy atom. The molecular formula is C4H3BrN2O2. The fourth-order valence-electron chi connectivity index (χ4n) is 0.527. The molecule has 9 heavy (non-hydrogen) atoms. The van der Waals surface area contributed by atoms with Gasteiger partial charge in [-0.3, -0.25) is 15.1 Å². The van der Waals surface area contributed by atoms with Crippen LogP contribution in [0.5, 0.6) is 0 Å². The SMILES string of the molecule is O=[N+]([O-])C1=CCN=C1Br. The third kappa shape index (κ3) is 1.16. The molecule has 0 spiro atoms. The molecular weight excluding hydrogens is 188 g/mol. The van der Waals surface area contributed by atoms with E-state index in [1.807, 2.05) is 0 Å². The molecule has 1 aliphatic heterocycles. The summed E-state index contributed by atoms with van der Waals surface area (Å²) in [6.07, 6.45) is 1.46. The molecule has 0 aromatic rings. The van der Waals surface area contributed by atoms with Gasteiger partial charge in [-0.25, -0.2) is 0 Å². The van der Waals surface area contributed by atoms with Crippen molar-refractivity contribution in [2.45, 2.75) is 0 Å². The van der Waals surface area contributed by atoms with Gasteiger partial charge in [-0.05, 0) is 15.9 Å². The summed E-state index contributed by atoms with van der Waals surface area (Å²) in [6.45, 7) is 0.414. The lowest BCUT2D eigenvalue weighted by Crippen LogP contribution is -2.01. The van der Waals surface area contributed by atoms with Gasteiger partial charge in [0.1, 0.15) is 0 Å². The molecule has 0 atom stereocenters. The first-order valence-electron chi connectivity index (χ1n) is 2.26. The van der Waals surface area contributed by atoms with E-state index in [1.54, 1.807) is 0 Å². The minimum absolute atomic E-state index is 0.0648. The van der Waals surface area contributed by atoms with E-state index in [1.165, 1.54) is 6.08 Å². The summed E-state index contributed by atoms with van der Waals surface area (Å²) < 4.78 is 0.340. The Morgan fingerprint density at radius 1 is 1.89 bits per heavy atom. The summed E-state index contributed by atoms with van der Waals surface area (Å²) in [7, 11) is 0. The van der Waals surface area contributed by atoms with Gasteiger partial charge in [-0.2, -0.15) is 0 Å². The van der Waals surface area contributed by atoms with E-state index in [0.29, 0.717) is 11.2 Å². The average Bonchev–Trinajstić information content (AvgIpc) is 2.13. The first-order chi connectivity index (χ1) is 4.22. The highest BCUT2D eigenvalue weighted by Gasteiger charge is 2.19. The maximum absolute atomic E-state index is 10.0. The van der Waals surface area contributed by atoms with Gasteiger partial charge in [-0.1, -0.05) is 0 Å². The Hall–Kier alpha value is -0.710. The van der Waals surface area contributed by atoms with E-state index < -0.39 is 4.92 Å². The van der Waals surface area contributed by atoms with Crippen molar-refractivity contribution in [3.05, 3.63) is 21.9 Å². The second kappa shape index (κ2) is 2.26. The monoisotopic (exact) mass is 190 g/mol. The van der Waals surface area contributed by atoms with Crippen molar-refractivity contribution in [2.75, 3.05) is 6.54 Å². The number of hydrogen-bond donors (Lipinski definition) is 0. The number of aliphatic imine (C=N–C) groups is 1. The van der Waals surface area contributed by atoms with Crippen molar-refractivity contribution < 1.29 is 4.92 Å². The van der Waals surface area contributed by atoms with Gasteiger partial charge in [0, 0.05) is 6.08 Å². The lowest BCUT2D eigenvalue weighted by atomic mass is 10.5. The number of nitrogens with zero attached hydrogens (tertiary/aromatic N) is 2. The van der Waals surface area contributed by atoms with Gasteiger partial charge in [0.05, 0.1) is 11.5 Å². The summed E-state index contributed by atoms with van der Waals surface area (Å²) in [5.74, 6) is 0. The molecule has 0 fully saturated rings. The number of allylic oxidation sites excluding steroid dienone is 1. The number of halogens is 1. The van der Waals surface area contributed by atoms with Gasteiger partial charge in [0.15, 0.2) is 4.62 Å². The lowest BCUT2D eigenvalue weighted by molar-refractivity contribution is -0.414. The minimum atomic E-state index is -0.458. The molecule has 0 N–H and O–H groups in total. The summed E-state index contributed by atoms with van der Waals surface area (Å²) in [5, 5.41) is 10.0. The zero-order valence-electron chi connectivity index (χ0n) is 4.37. The van der Waals surface area contributed by atoms with Crippen molar-refractivity contribution in [1.82, 2.24) is 0 Å². The second-order valence-corrected chi connectivity index (χ2v) is 2.23. The molecule has 0 amide bonds. The standard InChI is InChI=1S/C4H3BrN2O2/c5-4-3(7(8)9)1-2-6-4/h1H,2H2. The minimum Gasteiger partial charge on any atom is -0.267 e. The number of nitro groups is 1. The van der Waals surface area contributed by atoms with E-state index >= 15 is 0 Å². The van der Waals surface area contributed by atoms with E-state index in [0.717, 1.165) is 0 Å². The van der Waals surface area contributed by atoms with Gasteiger partial charge >= 0.3 is 0 Å². The zero-order valence-corrected chi connectivity index (χ0v) is 5.96. The Bertz CT molecular complexity index is 209. The van der Waals surface area contributed by atoms with Crippen LogP contribution in [0.2, 0.25) is 0 Å². The summed E-state index contributed by atoms with van der Waals surface area (Å²) >= 11 is 2.95. The summed E-state index contributed by atoms with van der Waals surface area (Å²) in [4.78, 5) is 13.3. The molecule has 1 aliphatic rings. The molecule has 0 unspecified atom stereocenters. The lowest BCUT2D eigenvalue weighted by Gasteiger charge is -1.85. The number of rotatable bonds is 1. The second-order valence-electron chi connectivity index (χ2n) is 1.48. The number of hydrogen-bond acceptors (Lipinski definition) is 3. The highest BCUT2D eigenvalue weighted by atomic mass is 79.9. The predicted octanol–water partition coefficient (Wildman–Crippen LogP) is 0.954. The Morgan fingerprint density at radius 2 is 2.56 bits per heavy atom. The van der Waals surface area contributed by atoms with Gasteiger partial charge in [0.25, 0.3) is 5.70 Å². The van der Waals surface area contributed by atoms with Gasteiger partial charge in [-0.15, -0.1) is 0 Å². The predicted molar refractivity (Wildman–Crippen MR) is 36.3 cm³/mol. The highest BCUT2D eigenvalue weighted by molar-refractivity contribution is 9.18. The van der Waals surface area contributed by atoms with Crippen LogP contribution >= 0.6 is 15.9 Å². The molecule has 0 saturated carbocycles. The van der Waals surface area contributed by atoms with E-state index in [2.05, 4.69) is 20.9 Å². The summed E-state index contributed by atoms with van der Waals surface area (Å²) in [6, 6.07) is 0. The van der Waals surface area contributed by atoms with E-state index in [4.69, 9.17) is 0 Å². The Labute approximate surface area is 59.6 Å². The van der Waals surface area contributed by atoms with Crippen molar-refractivity contribution >= 4 is 20.6 Å².